The maximum Gasteiger partial charge on any atom is 0.267 e. The molecule has 0 saturated heterocycles. The summed E-state index contributed by atoms with van der Waals surface area (Å²) in [5.74, 6) is 0.747. The van der Waals surface area contributed by atoms with Gasteiger partial charge in [0, 0.05) is 12.7 Å². The van der Waals surface area contributed by atoms with Crippen molar-refractivity contribution in [1.82, 2.24) is 0 Å². The quantitative estimate of drug-likeness (QED) is 0.830. The number of hydrogen-bond acceptors (Lipinski definition) is 2. The molecule has 22 heavy (non-hydrogen) atoms. The van der Waals surface area contributed by atoms with Crippen molar-refractivity contribution in [3.63, 3.8) is 0 Å². The number of nitrogens with zero attached hydrogens (tertiary/aromatic N) is 1. The molecule has 0 aliphatic rings. The second-order valence-electron chi connectivity index (χ2n) is 5.52. The zero-order valence-corrected chi connectivity index (χ0v) is 13.7. The fourth-order valence-corrected chi connectivity index (χ4v) is 2.29. The fourth-order valence-electron chi connectivity index (χ4n) is 2.29. The number of anilines is 1. The van der Waals surface area contributed by atoms with E-state index in [9.17, 15) is 4.79 Å². The fraction of sp³-hybridized carbons (Fsp3) is 0.316. The summed E-state index contributed by atoms with van der Waals surface area (Å²) in [6.45, 7) is 5.98. The van der Waals surface area contributed by atoms with E-state index in [-0.39, 0.29) is 5.91 Å². The molecule has 0 bridgehead atoms. The van der Waals surface area contributed by atoms with Gasteiger partial charge < -0.3 is 9.64 Å². The Morgan fingerprint density at radius 1 is 1.14 bits per heavy atom. The van der Waals surface area contributed by atoms with Gasteiger partial charge in [0.1, 0.15) is 5.75 Å². The molecule has 0 unspecified atom stereocenters. The third kappa shape index (κ3) is 3.67. The monoisotopic (exact) mass is 297 g/mol. The van der Waals surface area contributed by atoms with Crippen molar-refractivity contribution < 1.29 is 9.53 Å². The first-order chi connectivity index (χ1) is 10.5. The number of ether oxygens (including phenoxy) is 1. The maximum absolute atomic E-state index is 12.7. The Hall–Kier alpha value is -2.29. The smallest absolute Gasteiger partial charge is 0.267 e. The Balaban J connectivity index is 2.17. The van der Waals surface area contributed by atoms with Crippen LogP contribution >= 0.6 is 0 Å². The van der Waals surface area contributed by atoms with Gasteiger partial charge in [0.2, 0.25) is 0 Å². The Kier molecular flexibility index (Phi) is 5.21. The molecule has 0 radical (unpaired) electrons. The molecular formula is C19H23NO2. The van der Waals surface area contributed by atoms with Gasteiger partial charge in [-0.25, -0.2) is 0 Å². The van der Waals surface area contributed by atoms with E-state index >= 15 is 0 Å². The summed E-state index contributed by atoms with van der Waals surface area (Å²) in [5, 5.41) is 0. The Morgan fingerprint density at radius 3 is 2.45 bits per heavy atom. The molecule has 0 aliphatic carbocycles. The normalized spacial score (nSPS) is 11.8. The highest BCUT2D eigenvalue weighted by Gasteiger charge is 2.23. The standard InChI is InChI=1S/C19H23NO2/c1-5-17(22-18-13-14(2)11-12-15(18)3)19(21)20(4)16-9-7-6-8-10-16/h6-13,17H,5H2,1-4H3/t17-/m0/s1. The summed E-state index contributed by atoms with van der Waals surface area (Å²) in [7, 11) is 1.78. The van der Waals surface area contributed by atoms with Gasteiger partial charge >= 0.3 is 0 Å². The predicted octanol–water partition coefficient (Wildman–Crippen LogP) is 4.12. The van der Waals surface area contributed by atoms with Gasteiger partial charge in [-0.15, -0.1) is 0 Å². The molecule has 0 fully saturated rings. The van der Waals surface area contributed by atoms with Gasteiger partial charge in [-0.2, -0.15) is 0 Å². The van der Waals surface area contributed by atoms with Gasteiger partial charge in [-0.3, -0.25) is 4.79 Å². The molecule has 0 saturated carbocycles. The van der Waals surface area contributed by atoms with E-state index in [4.69, 9.17) is 4.74 Å². The van der Waals surface area contributed by atoms with E-state index < -0.39 is 6.10 Å². The Labute approximate surface area is 132 Å². The summed E-state index contributed by atoms with van der Waals surface area (Å²) < 4.78 is 5.99. The minimum atomic E-state index is -0.481. The highest BCUT2D eigenvalue weighted by atomic mass is 16.5. The van der Waals surface area contributed by atoms with Crippen molar-refractivity contribution in [3.8, 4) is 5.75 Å². The zero-order valence-electron chi connectivity index (χ0n) is 13.7. The number of hydrogen-bond donors (Lipinski definition) is 0. The lowest BCUT2D eigenvalue weighted by atomic mass is 10.1. The van der Waals surface area contributed by atoms with Gasteiger partial charge in [0.15, 0.2) is 6.10 Å². The van der Waals surface area contributed by atoms with Crippen molar-refractivity contribution in [2.24, 2.45) is 0 Å². The first kappa shape index (κ1) is 16.1. The third-order valence-corrected chi connectivity index (χ3v) is 3.73. The van der Waals surface area contributed by atoms with E-state index in [0.717, 1.165) is 22.6 Å². The lowest BCUT2D eigenvalue weighted by molar-refractivity contribution is -0.125. The minimum absolute atomic E-state index is 0.0328. The third-order valence-electron chi connectivity index (χ3n) is 3.73. The molecular weight excluding hydrogens is 274 g/mol. The van der Waals surface area contributed by atoms with Crippen LogP contribution in [-0.2, 0) is 4.79 Å². The van der Waals surface area contributed by atoms with Crippen LogP contribution in [-0.4, -0.2) is 19.1 Å². The van der Waals surface area contributed by atoms with E-state index in [2.05, 4.69) is 0 Å². The molecule has 3 nitrogen and oxygen atoms in total. The molecule has 2 aromatic carbocycles. The van der Waals surface area contributed by atoms with Crippen molar-refractivity contribution in [1.29, 1.82) is 0 Å². The Bertz CT molecular complexity index is 637. The average Bonchev–Trinajstić information content (AvgIpc) is 2.55. The van der Waals surface area contributed by atoms with Crippen LogP contribution in [0.25, 0.3) is 0 Å². The maximum atomic E-state index is 12.7. The SMILES string of the molecule is CC[C@H](Oc1cc(C)ccc1C)C(=O)N(C)c1ccccc1. The lowest BCUT2D eigenvalue weighted by Gasteiger charge is -2.24. The summed E-state index contributed by atoms with van der Waals surface area (Å²) >= 11 is 0. The topological polar surface area (TPSA) is 29.5 Å². The van der Waals surface area contributed by atoms with E-state index in [1.165, 1.54) is 0 Å². The molecule has 116 valence electrons. The number of amides is 1. The van der Waals surface area contributed by atoms with Crippen LogP contribution in [0.4, 0.5) is 5.69 Å². The zero-order chi connectivity index (χ0) is 16.1. The van der Waals surface area contributed by atoms with Crippen molar-refractivity contribution >= 4 is 11.6 Å². The molecule has 2 aromatic rings. The van der Waals surface area contributed by atoms with Crippen LogP contribution in [0.3, 0.4) is 0 Å². The van der Waals surface area contributed by atoms with Crippen LogP contribution in [0, 0.1) is 13.8 Å². The number of carbonyl (C=O) groups excluding carboxylic acids is 1. The van der Waals surface area contributed by atoms with Crippen molar-refractivity contribution in [2.45, 2.75) is 33.3 Å². The number of rotatable bonds is 5. The largest absolute Gasteiger partial charge is 0.480 e. The number of benzene rings is 2. The molecule has 0 N–H and O–H groups in total. The number of likely N-dealkylation sites (N-methyl/N-ethyl adjacent to an activating group) is 1. The Morgan fingerprint density at radius 2 is 1.82 bits per heavy atom. The van der Waals surface area contributed by atoms with Crippen LogP contribution < -0.4 is 9.64 Å². The number of para-hydroxylation sites is 1. The highest BCUT2D eigenvalue weighted by Crippen LogP contribution is 2.22. The van der Waals surface area contributed by atoms with E-state index in [1.807, 2.05) is 69.3 Å². The van der Waals surface area contributed by atoms with Crippen LogP contribution in [0.2, 0.25) is 0 Å². The van der Waals surface area contributed by atoms with E-state index in [1.54, 1.807) is 11.9 Å². The van der Waals surface area contributed by atoms with Crippen LogP contribution in [0.15, 0.2) is 48.5 Å². The molecule has 2 rings (SSSR count). The van der Waals surface area contributed by atoms with Gasteiger partial charge in [-0.05, 0) is 49.6 Å². The van der Waals surface area contributed by atoms with Crippen molar-refractivity contribution in [3.05, 3.63) is 59.7 Å². The van der Waals surface area contributed by atoms with Crippen LogP contribution in [0.1, 0.15) is 24.5 Å². The summed E-state index contributed by atoms with van der Waals surface area (Å²) in [4.78, 5) is 14.3. The second kappa shape index (κ2) is 7.12. The molecule has 0 spiro atoms. The molecule has 0 aliphatic heterocycles. The van der Waals surface area contributed by atoms with Crippen molar-refractivity contribution in [2.75, 3.05) is 11.9 Å². The minimum Gasteiger partial charge on any atom is -0.480 e. The van der Waals surface area contributed by atoms with E-state index in [0.29, 0.717) is 6.42 Å². The highest BCUT2D eigenvalue weighted by molar-refractivity contribution is 5.96. The second-order valence-corrected chi connectivity index (χ2v) is 5.52. The number of aryl methyl sites for hydroxylation is 2. The molecule has 0 heterocycles. The number of carbonyl (C=O) groups is 1. The molecule has 1 amide bonds. The molecule has 0 aromatic heterocycles. The van der Waals surface area contributed by atoms with Crippen LogP contribution in [0.5, 0.6) is 5.75 Å². The first-order valence-corrected chi connectivity index (χ1v) is 7.59. The van der Waals surface area contributed by atoms with Gasteiger partial charge in [0.05, 0.1) is 0 Å². The summed E-state index contributed by atoms with van der Waals surface area (Å²) in [5.41, 5.74) is 3.04. The summed E-state index contributed by atoms with van der Waals surface area (Å²) in [6.07, 6.45) is 0.148. The molecule has 3 heteroatoms. The molecule has 1 atom stereocenters. The first-order valence-electron chi connectivity index (χ1n) is 7.59. The lowest BCUT2D eigenvalue weighted by Crippen LogP contribution is -2.39. The van der Waals surface area contributed by atoms with Gasteiger partial charge in [0.25, 0.3) is 5.91 Å². The predicted molar refractivity (Wildman–Crippen MR) is 90.5 cm³/mol. The average molecular weight is 297 g/mol. The summed E-state index contributed by atoms with van der Waals surface area (Å²) in [6, 6.07) is 15.7. The van der Waals surface area contributed by atoms with Gasteiger partial charge in [-0.1, -0.05) is 37.3 Å².